The molecule has 0 aromatic heterocycles. The quantitative estimate of drug-likeness (QED) is 0.295. The van der Waals surface area contributed by atoms with Gasteiger partial charge in [0.1, 0.15) is 0 Å². The number of rotatable bonds is 8. The van der Waals surface area contributed by atoms with Crippen LogP contribution in [0.25, 0.3) is 11.6 Å². The maximum atomic E-state index is 6.45. The summed E-state index contributed by atoms with van der Waals surface area (Å²) >= 11 is 0. The van der Waals surface area contributed by atoms with Crippen molar-refractivity contribution < 1.29 is 0 Å². The lowest BCUT2D eigenvalue weighted by molar-refractivity contribution is 0.389. The average Bonchev–Trinajstić information content (AvgIpc) is 2.54. The molecule has 0 saturated heterocycles. The van der Waals surface area contributed by atoms with Gasteiger partial charge in [0, 0.05) is 11.3 Å². The van der Waals surface area contributed by atoms with Gasteiger partial charge in [-0.3, -0.25) is 0 Å². The van der Waals surface area contributed by atoms with E-state index in [0.717, 1.165) is 24.9 Å². The van der Waals surface area contributed by atoms with Crippen molar-refractivity contribution in [2.75, 3.05) is 5.73 Å². The monoisotopic (exact) mass is 351 g/mol. The fourth-order valence-electron chi connectivity index (χ4n) is 4.12. The minimum absolute atomic E-state index is 0.192. The van der Waals surface area contributed by atoms with Crippen molar-refractivity contribution in [3.8, 4) is 0 Å². The van der Waals surface area contributed by atoms with E-state index >= 15 is 0 Å². The average molecular weight is 352 g/mol. The van der Waals surface area contributed by atoms with Crippen LogP contribution in [-0.2, 0) is 12.8 Å². The Balaban J connectivity index is 2.39. The van der Waals surface area contributed by atoms with Crippen molar-refractivity contribution in [3.63, 3.8) is 0 Å². The van der Waals surface area contributed by atoms with E-state index in [-0.39, 0.29) is 5.41 Å². The summed E-state index contributed by atoms with van der Waals surface area (Å²) in [5, 5.41) is 0. The molecular weight excluding hydrogens is 314 g/mol. The third kappa shape index (κ3) is 4.90. The number of nitrogens with two attached hydrogens (primary N) is 1. The topological polar surface area (TPSA) is 26.0 Å². The van der Waals surface area contributed by atoms with E-state index in [0.29, 0.717) is 0 Å². The number of anilines is 1. The maximum Gasteiger partial charge on any atom is 0.0393 e. The number of fused-ring (bicyclic) bond motifs is 1. The van der Waals surface area contributed by atoms with Gasteiger partial charge in [-0.1, -0.05) is 62.6 Å². The van der Waals surface area contributed by atoms with E-state index in [1.807, 2.05) is 0 Å². The number of unbranched alkanes of at least 4 members (excludes halogenated alkanes) is 2. The van der Waals surface area contributed by atoms with Gasteiger partial charge in [0.25, 0.3) is 0 Å². The Bertz CT molecular complexity index is 716. The van der Waals surface area contributed by atoms with Gasteiger partial charge in [-0.05, 0) is 81.0 Å². The Labute approximate surface area is 161 Å². The largest absolute Gasteiger partial charge is 0.398 e. The van der Waals surface area contributed by atoms with Crippen LogP contribution in [0.3, 0.4) is 0 Å². The molecule has 1 aromatic carbocycles. The smallest absolute Gasteiger partial charge is 0.0393 e. The highest BCUT2D eigenvalue weighted by molar-refractivity contribution is 5.80. The molecule has 1 aliphatic rings. The lowest BCUT2D eigenvalue weighted by Crippen LogP contribution is -2.22. The van der Waals surface area contributed by atoms with Crippen molar-refractivity contribution in [2.24, 2.45) is 5.41 Å². The summed E-state index contributed by atoms with van der Waals surface area (Å²) < 4.78 is 0. The van der Waals surface area contributed by atoms with Crippen molar-refractivity contribution in [1.29, 1.82) is 0 Å². The van der Waals surface area contributed by atoms with Gasteiger partial charge in [0.05, 0.1) is 0 Å². The van der Waals surface area contributed by atoms with Crippen molar-refractivity contribution in [3.05, 3.63) is 52.6 Å². The maximum absolute atomic E-state index is 6.45. The predicted octanol–water partition coefficient (Wildman–Crippen LogP) is 7.36. The number of hydrogen-bond acceptors (Lipinski definition) is 1. The minimum atomic E-state index is 0.192. The zero-order valence-corrected chi connectivity index (χ0v) is 17.5. The number of allylic oxidation sites excluding steroid dienone is 4. The molecule has 1 aliphatic carbocycles. The standard InChI is InChI=1S/C25H37N/c1-7-8-9-12-20-16-23(26)21-13-15-25(6,14-10-11-18(2)3)17-22(21)24(20)19(4)5/h11,13,15-16H,4,7-10,12,14,17,26H2,1-3,5-6H3. The van der Waals surface area contributed by atoms with Gasteiger partial charge in [-0.15, -0.1) is 0 Å². The molecule has 142 valence electrons. The highest BCUT2D eigenvalue weighted by atomic mass is 14.6. The van der Waals surface area contributed by atoms with E-state index in [1.165, 1.54) is 59.1 Å². The van der Waals surface area contributed by atoms with Crippen LogP contribution in [0.2, 0.25) is 0 Å². The fourth-order valence-corrected chi connectivity index (χ4v) is 4.12. The molecule has 0 amide bonds. The van der Waals surface area contributed by atoms with Crippen LogP contribution in [0.5, 0.6) is 0 Å². The molecule has 1 heteroatoms. The molecule has 1 nitrogen and oxygen atoms in total. The van der Waals surface area contributed by atoms with Crippen molar-refractivity contribution in [2.45, 2.75) is 79.6 Å². The molecule has 0 fully saturated rings. The number of benzene rings is 1. The van der Waals surface area contributed by atoms with Crippen LogP contribution in [0, 0.1) is 5.41 Å². The first-order valence-corrected chi connectivity index (χ1v) is 10.2. The summed E-state index contributed by atoms with van der Waals surface area (Å²) in [7, 11) is 0. The van der Waals surface area contributed by atoms with Crippen LogP contribution >= 0.6 is 0 Å². The molecule has 1 unspecified atom stereocenters. The third-order valence-electron chi connectivity index (χ3n) is 5.57. The van der Waals surface area contributed by atoms with Gasteiger partial charge in [-0.2, -0.15) is 0 Å². The molecule has 0 spiro atoms. The van der Waals surface area contributed by atoms with E-state index in [4.69, 9.17) is 5.73 Å². The highest BCUT2D eigenvalue weighted by Crippen LogP contribution is 2.42. The van der Waals surface area contributed by atoms with E-state index in [2.05, 4.69) is 65.5 Å². The second kappa shape index (κ2) is 8.75. The summed E-state index contributed by atoms with van der Waals surface area (Å²) in [4.78, 5) is 0. The highest BCUT2D eigenvalue weighted by Gasteiger charge is 2.29. The van der Waals surface area contributed by atoms with Gasteiger partial charge in [-0.25, -0.2) is 0 Å². The fraction of sp³-hybridized carbons (Fsp3) is 0.520. The summed E-state index contributed by atoms with van der Waals surface area (Å²) in [6.45, 7) is 15.4. The van der Waals surface area contributed by atoms with Gasteiger partial charge < -0.3 is 5.73 Å². The normalized spacial score (nSPS) is 18.5. The second-order valence-electron chi connectivity index (χ2n) is 8.61. The molecule has 2 N–H and O–H groups in total. The summed E-state index contributed by atoms with van der Waals surface area (Å²) in [5.74, 6) is 0. The SMILES string of the molecule is C=C(C)c1c(CCCCC)cc(N)c2c1CC(C)(CCC=C(C)C)C=C2. The van der Waals surface area contributed by atoms with Gasteiger partial charge in [0.2, 0.25) is 0 Å². The zero-order valence-electron chi connectivity index (χ0n) is 17.5. The first-order chi connectivity index (χ1) is 12.3. The molecule has 2 rings (SSSR count). The van der Waals surface area contributed by atoms with Gasteiger partial charge in [0.15, 0.2) is 0 Å². The zero-order chi connectivity index (χ0) is 19.3. The lowest BCUT2D eigenvalue weighted by Gasteiger charge is -2.33. The first-order valence-electron chi connectivity index (χ1n) is 10.2. The van der Waals surface area contributed by atoms with Gasteiger partial charge >= 0.3 is 0 Å². The number of aryl methyl sites for hydroxylation is 1. The van der Waals surface area contributed by atoms with E-state index in [9.17, 15) is 0 Å². The molecule has 1 atom stereocenters. The van der Waals surface area contributed by atoms with Crippen LogP contribution in [-0.4, -0.2) is 0 Å². The summed E-state index contributed by atoms with van der Waals surface area (Å²) in [6, 6.07) is 2.20. The Morgan fingerprint density at radius 1 is 1.27 bits per heavy atom. The molecular formula is C25H37N. The first kappa shape index (κ1) is 20.6. The van der Waals surface area contributed by atoms with E-state index < -0.39 is 0 Å². The van der Waals surface area contributed by atoms with Crippen LogP contribution in [0.15, 0.2) is 30.4 Å². The Hall–Kier alpha value is -1.76. The summed E-state index contributed by atoms with van der Waals surface area (Å²) in [6.07, 6.45) is 15.2. The lowest BCUT2D eigenvalue weighted by atomic mass is 9.71. The molecule has 26 heavy (non-hydrogen) atoms. The Kier molecular flexibility index (Phi) is 6.92. The Morgan fingerprint density at radius 3 is 2.62 bits per heavy atom. The number of hydrogen-bond donors (Lipinski definition) is 1. The molecule has 0 heterocycles. The molecule has 0 bridgehead atoms. The minimum Gasteiger partial charge on any atom is -0.398 e. The van der Waals surface area contributed by atoms with Crippen LogP contribution in [0.1, 0.15) is 89.0 Å². The van der Waals surface area contributed by atoms with E-state index in [1.54, 1.807) is 0 Å². The summed E-state index contributed by atoms with van der Waals surface area (Å²) in [5.41, 5.74) is 15.6. The Morgan fingerprint density at radius 2 is 2.00 bits per heavy atom. The van der Waals surface area contributed by atoms with Crippen LogP contribution < -0.4 is 5.73 Å². The molecule has 0 saturated carbocycles. The predicted molar refractivity (Wildman–Crippen MR) is 118 cm³/mol. The number of nitrogen functional groups attached to an aromatic ring is 1. The molecule has 0 radical (unpaired) electrons. The second-order valence-corrected chi connectivity index (χ2v) is 8.61. The third-order valence-corrected chi connectivity index (χ3v) is 5.57. The van der Waals surface area contributed by atoms with Crippen molar-refractivity contribution >= 4 is 17.3 Å². The van der Waals surface area contributed by atoms with Crippen LogP contribution in [0.4, 0.5) is 5.69 Å². The molecule has 0 aliphatic heterocycles. The molecule has 1 aromatic rings. The van der Waals surface area contributed by atoms with Crippen molar-refractivity contribution in [1.82, 2.24) is 0 Å².